The molecule has 1 rings (SSSR count). The van der Waals surface area contributed by atoms with Crippen LogP contribution >= 0.6 is 0 Å². The number of aliphatic hydroxyl groups excluding tert-OH is 1. The molecule has 0 aliphatic rings. The highest BCUT2D eigenvalue weighted by Crippen LogP contribution is 2.31. The molecular formula is C10H15F3N4O. The fraction of sp³-hybridized carbons (Fsp3) is 0.500. The first-order valence-corrected chi connectivity index (χ1v) is 5.27. The van der Waals surface area contributed by atoms with E-state index in [1.54, 1.807) is 6.92 Å². The monoisotopic (exact) mass is 264 g/mol. The van der Waals surface area contributed by atoms with Crippen molar-refractivity contribution in [3.8, 4) is 0 Å². The molecule has 1 unspecified atom stereocenters. The quantitative estimate of drug-likeness (QED) is 0.477. The van der Waals surface area contributed by atoms with Gasteiger partial charge in [-0.2, -0.15) is 13.2 Å². The maximum absolute atomic E-state index is 12.6. The molecule has 0 saturated heterocycles. The van der Waals surface area contributed by atoms with Gasteiger partial charge in [-0.3, -0.25) is 0 Å². The summed E-state index contributed by atoms with van der Waals surface area (Å²) in [5.41, 5.74) is 1.24. The first-order chi connectivity index (χ1) is 8.36. The van der Waals surface area contributed by atoms with Crippen LogP contribution in [0, 0.1) is 5.92 Å². The number of hydrogen-bond acceptors (Lipinski definition) is 5. The average molecular weight is 264 g/mol. The number of hydrazine groups is 1. The van der Waals surface area contributed by atoms with Crippen LogP contribution in [-0.4, -0.2) is 23.2 Å². The smallest absolute Gasteiger partial charge is 0.396 e. The fourth-order valence-corrected chi connectivity index (χ4v) is 1.20. The van der Waals surface area contributed by atoms with Crippen LogP contribution in [0.3, 0.4) is 0 Å². The number of aliphatic hydroxyl groups is 1. The number of alkyl halides is 3. The van der Waals surface area contributed by atoms with Gasteiger partial charge in [-0.05, 0) is 18.1 Å². The van der Waals surface area contributed by atoms with Crippen LogP contribution in [0.15, 0.2) is 12.1 Å². The van der Waals surface area contributed by atoms with Gasteiger partial charge in [0.15, 0.2) is 0 Å². The number of nitrogens with two attached hydrogens (primary N) is 1. The number of anilines is 2. The molecular weight excluding hydrogens is 249 g/mol. The molecule has 0 amide bonds. The lowest BCUT2D eigenvalue weighted by molar-refractivity contribution is -0.137. The summed E-state index contributed by atoms with van der Waals surface area (Å²) in [5.74, 6) is 4.95. The Morgan fingerprint density at radius 2 is 2.00 bits per heavy atom. The standard InChI is InChI=1S/C10H15F3N4O/c1-6(5-18)4-15-8-2-7(10(11,12)13)3-9(16-8)17-14/h2-3,6,18H,4-5,14H2,1H3,(H2,15,16,17). The van der Waals surface area contributed by atoms with E-state index in [0.29, 0.717) is 6.54 Å². The zero-order valence-corrected chi connectivity index (χ0v) is 9.75. The second-order valence-corrected chi connectivity index (χ2v) is 3.94. The Balaban J connectivity index is 2.91. The van der Waals surface area contributed by atoms with Gasteiger partial charge in [0, 0.05) is 13.2 Å². The molecule has 102 valence electrons. The van der Waals surface area contributed by atoms with Crippen molar-refractivity contribution < 1.29 is 18.3 Å². The summed E-state index contributed by atoms with van der Waals surface area (Å²) in [6, 6.07) is 1.71. The van der Waals surface area contributed by atoms with E-state index in [2.05, 4.69) is 15.7 Å². The summed E-state index contributed by atoms with van der Waals surface area (Å²) in [4.78, 5) is 3.84. The lowest BCUT2D eigenvalue weighted by Gasteiger charge is -2.14. The number of halogens is 3. The van der Waals surface area contributed by atoms with Crippen molar-refractivity contribution in [3.05, 3.63) is 17.7 Å². The van der Waals surface area contributed by atoms with Gasteiger partial charge in [-0.15, -0.1) is 0 Å². The summed E-state index contributed by atoms with van der Waals surface area (Å²) in [5, 5.41) is 11.5. The molecule has 0 saturated carbocycles. The lowest BCUT2D eigenvalue weighted by atomic mass is 10.2. The van der Waals surface area contributed by atoms with E-state index in [1.165, 1.54) is 0 Å². The highest BCUT2D eigenvalue weighted by Gasteiger charge is 2.31. The molecule has 0 aliphatic carbocycles. The first kappa shape index (κ1) is 14.5. The van der Waals surface area contributed by atoms with E-state index in [-0.39, 0.29) is 24.2 Å². The van der Waals surface area contributed by atoms with Gasteiger partial charge in [0.25, 0.3) is 0 Å². The van der Waals surface area contributed by atoms with Crippen LogP contribution < -0.4 is 16.6 Å². The molecule has 1 aromatic rings. The molecule has 0 bridgehead atoms. The number of pyridine rings is 1. The second kappa shape index (κ2) is 5.87. The molecule has 0 fully saturated rings. The van der Waals surface area contributed by atoms with Gasteiger partial charge in [0.05, 0.1) is 5.56 Å². The maximum atomic E-state index is 12.6. The van der Waals surface area contributed by atoms with E-state index >= 15 is 0 Å². The summed E-state index contributed by atoms with van der Waals surface area (Å²) in [6.45, 7) is 2.01. The molecule has 1 atom stereocenters. The topological polar surface area (TPSA) is 83.2 Å². The molecule has 0 radical (unpaired) electrons. The van der Waals surface area contributed by atoms with Gasteiger partial charge in [0.2, 0.25) is 0 Å². The Hall–Kier alpha value is -1.54. The number of aromatic nitrogens is 1. The molecule has 1 heterocycles. The Morgan fingerprint density at radius 1 is 1.39 bits per heavy atom. The fourth-order valence-electron chi connectivity index (χ4n) is 1.20. The van der Waals surface area contributed by atoms with Gasteiger partial charge in [-0.1, -0.05) is 6.92 Å². The van der Waals surface area contributed by atoms with Crippen molar-refractivity contribution in [3.63, 3.8) is 0 Å². The Morgan fingerprint density at radius 3 is 2.50 bits per heavy atom. The third-order valence-corrected chi connectivity index (χ3v) is 2.24. The molecule has 0 aliphatic heterocycles. The van der Waals surface area contributed by atoms with Crippen molar-refractivity contribution in [1.82, 2.24) is 4.98 Å². The normalized spacial score (nSPS) is 13.2. The van der Waals surface area contributed by atoms with E-state index in [1.807, 2.05) is 0 Å². The van der Waals surface area contributed by atoms with Crippen LogP contribution in [0.25, 0.3) is 0 Å². The van der Waals surface area contributed by atoms with E-state index in [0.717, 1.165) is 12.1 Å². The molecule has 0 spiro atoms. The van der Waals surface area contributed by atoms with Crippen molar-refractivity contribution in [2.45, 2.75) is 13.1 Å². The molecule has 5 nitrogen and oxygen atoms in total. The Labute approximate surface area is 102 Å². The third kappa shape index (κ3) is 4.04. The third-order valence-electron chi connectivity index (χ3n) is 2.24. The number of hydrogen-bond donors (Lipinski definition) is 4. The number of nitrogens with one attached hydrogen (secondary N) is 2. The van der Waals surface area contributed by atoms with Gasteiger partial charge < -0.3 is 15.8 Å². The summed E-state index contributed by atoms with van der Waals surface area (Å²) in [7, 11) is 0. The zero-order valence-electron chi connectivity index (χ0n) is 9.75. The van der Waals surface area contributed by atoms with E-state index in [4.69, 9.17) is 10.9 Å². The van der Waals surface area contributed by atoms with Crippen molar-refractivity contribution >= 4 is 11.6 Å². The van der Waals surface area contributed by atoms with Crippen LogP contribution in [0.4, 0.5) is 24.8 Å². The summed E-state index contributed by atoms with van der Waals surface area (Å²) < 4.78 is 37.8. The van der Waals surface area contributed by atoms with Crippen LogP contribution in [0.1, 0.15) is 12.5 Å². The molecule has 8 heteroatoms. The molecule has 0 aromatic carbocycles. The minimum Gasteiger partial charge on any atom is -0.396 e. The summed E-state index contributed by atoms with van der Waals surface area (Å²) >= 11 is 0. The predicted octanol–water partition coefficient (Wildman–Crippen LogP) is 1.43. The van der Waals surface area contributed by atoms with E-state index in [9.17, 15) is 13.2 Å². The van der Waals surface area contributed by atoms with Crippen LogP contribution in [0.5, 0.6) is 0 Å². The minimum atomic E-state index is -4.46. The number of nitrogens with zero attached hydrogens (tertiary/aromatic N) is 1. The SMILES string of the molecule is CC(CO)CNc1cc(C(F)(F)F)cc(NN)n1. The van der Waals surface area contributed by atoms with E-state index < -0.39 is 11.7 Å². The van der Waals surface area contributed by atoms with Crippen LogP contribution in [-0.2, 0) is 6.18 Å². The average Bonchev–Trinajstić information content (AvgIpc) is 2.34. The summed E-state index contributed by atoms with van der Waals surface area (Å²) in [6.07, 6.45) is -4.46. The molecule has 1 aromatic heterocycles. The van der Waals surface area contributed by atoms with Crippen molar-refractivity contribution in [2.24, 2.45) is 11.8 Å². The predicted molar refractivity (Wildman–Crippen MR) is 61.8 cm³/mol. The largest absolute Gasteiger partial charge is 0.416 e. The highest BCUT2D eigenvalue weighted by atomic mass is 19.4. The zero-order chi connectivity index (χ0) is 13.8. The van der Waals surface area contributed by atoms with Gasteiger partial charge in [0.1, 0.15) is 11.6 Å². The second-order valence-electron chi connectivity index (χ2n) is 3.94. The van der Waals surface area contributed by atoms with Crippen molar-refractivity contribution in [2.75, 3.05) is 23.9 Å². The lowest BCUT2D eigenvalue weighted by Crippen LogP contribution is -2.17. The number of rotatable bonds is 5. The van der Waals surface area contributed by atoms with Crippen molar-refractivity contribution in [1.29, 1.82) is 0 Å². The maximum Gasteiger partial charge on any atom is 0.416 e. The highest BCUT2D eigenvalue weighted by molar-refractivity contribution is 5.49. The van der Waals surface area contributed by atoms with Gasteiger partial charge >= 0.3 is 6.18 Å². The number of nitrogen functional groups attached to an aromatic ring is 1. The Kier molecular flexibility index (Phi) is 4.74. The van der Waals surface area contributed by atoms with Crippen LogP contribution in [0.2, 0.25) is 0 Å². The molecule has 5 N–H and O–H groups in total. The van der Waals surface area contributed by atoms with Gasteiger partial charge in [-0.25, -0.2) is 10.8 Å². The first-order valence-electron chi connectivity index (χ1n) is 5.27. The molecule has 18 heavy (non-hydrogen) atoms. The minimum absolute atomic E-state index is 0.0538. The Bertz CT molecular complexity index is 397.